The number of ether oxygens (including phenoxy) is 3. The molecule has 3 rings (SSSR count). The minimum Gasteiger partial charge on any atom is -0.495 e. The number of methoxy groups -OCH3 is 1. The molecule has 0 saturated carbocycles. The Kier molecular flexibility index (Phi) is 5.48. The Hall–Kier alpha value is -2.93. The first-order valence-corrected chi connectivity index (χ1v) is 8.21. The zero-order valence-electron chi connectivity index (χ0n) is 14.0. The van der Waals surface area contributed by atoms with Gasteiger partial charge in [0.15, 0.2) is 11.5 Å². The van der Waals surface area contributed by atoms with Gasteiger partial charge < -0.3 is 24.8 Å². The van der Waals surface area contributed by atoms with Crippen molar-refractivity contribution >= 4 is 29.1 Å². The van der Waals surface area contributed by atoms with Crippen LogP contribution in [0.25, 0.3) is 0 Å². The fourth-order valence-corrected chi connectivity index (χ4v) is 2.60. The molecule has 7 nitrogen and oxygen atoms in total. The monoisotopic (exact) mass is 376 g/mol. The first-order chi connectivity index (χ1) is 12.5. The Balaban J connectivity index is 1.52. The molecule has 0 spiro atoms. The van der Waals surface area contributed by atoms with Gasteiger partial charge in [-0.2, -0.15) is 0 Å². The molecule has 0 bridgehead atoms. The summed E-state index contributed by atoms with van der Waals surface area (Å²) in [6.07, 6.45) is -0.319. The van der Waals surface area contributed by atoms with Gasteiger partial charge in [0.25, 0.3) is 0 Å². The smallest absolute Gasteiger partial charge is 0.233 e. The van der Waals surface area contributed by atoms with Crippen molar-refractivity contribution in [3.05, 3.63) is 47.0 Å². The van der Waals surface area contributed by atoms with Gasteiger partial charge in [0, 0.05) is 11.6 Å². The highest BCUT2D eigenvalue weighted by Gasteiger charge is 2.15. The lowest BCUT2D eigenvalue weighted by atomic mass is 10.2. The highest BCUT2D eigenvalue weighted by Crippen LogP contribution is 2.32. The predicted molar refractivity (Wildman–Crippen MR) is 95.7 cm³/mol. The largest absolute Gasteiger partial charge is 0.495 e. The van der Waals surface area contributed by atoms with Gasteiger partial charge in [-0.3, -0.25) is 9.59 Å². The summed E-state index contributed by atoms with van der Waals surface area (Å²) in [7, 11) is 1.48. The van der Waals surface area contributed by atoms with Crippen LogP contribution in [0.5, 0.6) is 17.2 Å². The van der Waals surface area contributed by atoms with Crippen LogP contribution in [0.15, 0.2) is 36.4 Å². The standard InChI is InChI=1S/C18H17ClN2O5/c1-24-14-5-3-12(19)7-13(14)21-18(23)8-17(22)20-9-11-2-4-15-16(6-11)26-10-25-15/h2-7H,8-10H2,1H3,(H,20,22)(H,21,23). The van der Waals surface area contributed by atoms with Crippen LogP contribution in [-0.2, 0) is 16.1 Å². The van der Waals surface area contributed by atoms with E-state index < -0.39 is 11.8 Å². The summed E-state index contributed by atoms with van der Waals surface area (Å²) in [4.78, 5) is 24.0. The molecule has 2 amide bonds. The van der Waals surface area contributed by atoms with E-state index in [0.29, 0.717) is 28.0 Å². The maximum Gasteiger partial charge on any atom is 0.233 e. The highest BCUT2D eigenvalue weighted by atomic mass is 35.5. The van der Waals surface area contributed by atoms with Gasteiger partial charge in [0.2, 0.25) is 18.6 Å². The van der Waals surface area contributed by atoms with E-state index in [1.54, 1.807) is 30.3 Å². The van der Waals surface area contributed by atoms with E-state index >= 15 is 0 Å². The number of carbonyl (C=O) groups excluding carboxylic acids is 2. The Bertz CT molecular complexity index is 840. The molecule has 1 aliphatic rings. The molecule has 8 heteroatoms. The van der Waals surface area contributed by atoms with Crippen LogP contribution in [-0.4, -0.2) is 25.7 Å². The molecule has 0 aromatic heterocycles. The minimum absolute atomic E-state index is 0.193. The van der Waals surface area contributed by atoms with E-state index in [4.69, 9.17) is 25.8 Å². The zero-order valence-corrected chi connectivity index (χ0v) is 14.8. The number of halogens is 1. The second kappa shape index (κ2) is 7.97. The van der Waals surface area contributed by atoms with Gasteiger partial charge in [-0.05, 0) is 35.9 Å². The first-order valence-electron chi connectivity index (χ1n) is 7.84. The first kappa shape index (κ1) is 17.9. The van der Waals surface area contributed by atoms with Crippen LogP contribution in [0.2, 0.25) is 5.02 Å². The fraction of sp³-hybridized carbons (Fsp3) is 0.222. The SMILES string of the molecule is COc1ccc(Cl)cc1NC(=O)CC(=O)NCc1ccc2c(c1)OCO2. The van der Waals surface area contributed by atoms with Gasteiger partial charge >= 0.3 is 0 Å². The van der Waals surface area contributed by atoms with E-state index in [-0.39, 0.29) is 19.8 Å². The van der Waals surface area contributed by atoms with Crippen molar-refractivity contribution in [3.8, 4) is 17.2 Å². The molecule has 136 valence electrons. The Morgan fingerprint density at radius 3 is 2.73 bits per heavy atom. The number of benzene rings is 2. The highest BCUT2D eigenvalue weighted by molar-refractivity contribution is 6.31. The van der Waals surface area contributed by atoms with E-state index in [2.05, 4.69) is 10.6 Å². The molecular weight excluding hydrogens is 360 g/mol. The van der Waals surface area contributed by atoms with Crippen LogP contribution in [0.4, 0.5) is 5.69 Å². The zero-order chi connectivity index (χ0) is 18.5. The Morgan fingerprint density at radius 1 is 1.12 bits per heavy atom. The van der Waals surface area contributed by atoms with Crippen molar-refractivity contribution in [1.82, 2.24) is 5.32 Å². The number of rotatable bonds is 6. The van der Waals surface area contributed by atoms with Crippen LogP contribution in [0.1, 0.15) is 12.0 Å². The summed E-state index contributed by atoms with van der Waals surface area (Å²) < 4.78 is 15.7. The Morgan fingerprint density at radius 2 is 1.92 bits per heavy atom. The number of hydrogen-bond donors (Lipinski definition) is 2. The topological polar surface area (TPSA) is 85.9 Å². The third-order valence-electron chi connectivity index (χ3n) is 3.68. The summed E-state index contributed by atoms with van der Waals surface area (Å²) in [5.74, 6) is 0.913. The van der Waals surface area contributed by atoms with Crippen LogP contribution < -0.4 is 24.8 Å². The molecule has 0 saturated heterocycles. The third-order valence-corrected chi connectivity index (χ3v) is 3.92. The molecule has 0 atom stereocenters. The van der Waals surface area contributed by atoms with E-state index in [1.165, 1.54) is 7.11 Å². The third kappa shape index (κ3) is 4.37. The molecule has 26 heavy (non-hydrogen) atoms. The number of fused-ring (bicyclic) bond motifs is 1. The maximum absolute atomic E-state index is 12.1. The number of carbonyl (C=O) groups is 2. The summed E-state index contributed by atoms with van der Waals surface area (Å²) in [6.45, 7) is 0.474. The van der Waals surface area contributed by atoms with Gasteiger partial charge in [0.1, 0.15) is 12.2 Å². The van der Waals surface area contributed by atoms with Gasteiger partial charge in [0.05, 0.1) is 12.8 Å². The molecule has 1 aliphatic heterocycles. The van der Waals surface area contributed by atoms with Crippen molar-refractivity contribution < 1.29 is 23.8 Å². The van der Waals surface area contributed by atoms with Crippen molar-refractivity contribution in [2.45, 2.75) is 13.0 Å². The summed E-state index contributed by atoms with van der Waals surface area (Å²) in [5.41, 5.74) is 1.26. The molecule has 2 aromatic rings. The van der Waals surface area contributed by atoms with Gasteiger partial charge in [-0.25, -0.2) is 0 Å². The normalized spacial score (nSPS) is 11.8. The van der Waals surface area contributed by atoms with E-state index in [0.717, 1.165) is 5.56 Å². The Labute approximate surface area is 155 Å². The number of anilines is 1. The summed E-state index contributed by atoms with van der Waals surface area (Å²) in [6, 6.07) is 10.2. The quantitative estimate of drug-likeness (QED) is 0.757. The predicted octanol–water partition coefficient (Wildman–Crippen LogP) is 2.72. The lowest BCUT2D eigenvalue weighted by molar-refractivity contribution is -0.126. The lowest BCUT2D eigenvalue weighted by Gasteiger charge is -2.11. The number of nitrogens with one attached hydrogen (secondary N) is 2. The van der Waals surface area contributed by atoms with Crippen molar-refractivity contribution in [2.24, 2.45) is 0 Å². The maximum atomic E-state index is 12.1. The van der Waals surface area contributed by atoms with E-state index in [9.17, 15) is 9.59 Å². The molecule has 0 unspecified atom stereocenters. The number of amides is 2. The summed E-state index contributed by atoms with van der Waals surface area (Å²) >= 11 is 5.92. The second-order valence-corrected chi connectivity index (χ2v) is 5.97. The van der Waals surface area contributed by atoms with Gasteiger partial charge in [-0.1, -0.05) is 17.7 Å². The average molecular weight is 377 g/mol. The molecular formula is C18H17ClN2O5. The fourth-order valence-electron chi connectivity index (χ4n) is 2.43. The van der Waals surface area contributed by atoms with Crippen LogP contribution in [0.3, 0.4) is 0 Å². The second-order valence-electron chi connectivity index (χ2n) is 5.53. The lowest BCUT2D eigenvalue weighted by Crippen LogP contribution is -2.27. The van der Waals surface area contributed by atoms with Crippen molar-refractivity contribution in [3.63, 3.8) is 0 Å². The van der Waals surface area contributed by atoms with E-state index in [1.807, 2.05) is 6.07 Å². The molecule has 2 aromatic carbocycles. The minimum atomic E-state index is -0.464. The molecule has 2 N–H and O–H groups in total. The van der Waals surface area contributed by atoms with Crippen LogP contribution in [0, 0.1) is 0 Å². The summed E-state index contributed by atoms with van der Waals surface area (Å²) in [5, 5.41) is 5.77. The van der Waals surface area contributed by atoms with Crippen LogP contribution >= 0.6 is 11.6 Å². The number of hydrogen-bond acceptors (Lipinski definition) is 5. The molecule has 0 fully saturated rings. The average Bonchev–Trinajstić information content (AvgIpc) is 3.08. The molecule has 1 heterocycles. The van der Waals surface area contributed by atoms with Gasteiger partial charge in [-0.15, -0.1) is 0 Å². The molecule has 0 aliphatic carbocycles. The molecule has 0 radical (unpaired) electrons. The van der Waals surface area contributed by atoms with Crippen molar-refractivity contribution in [1.29, 1.82) is 0 Å². The van der Waals surface area contributed by atoms with Crippen molar-refractivity contribution in [2.75, 3.05) is 19.2 Å².